The number of para-hydroxylation sites is 1. The molecule has 1 N–H and O–H groups in total. The second kappa shape index (κ2) is 4.55. The first-order valence-electron chi connectivity index (χ1n) is 5.47. The van der Waals surface area contributed by atoms with E-state index in [4.69, 9.17) is 11.6 Å². The largest absolute Gasteiger partial charge is 0.324 e. The highest BCUT2D eigenvalue weighted by Crippen LogP contribution is 2.27. The van der Waals surface area contributed by atoms with Crippen LogP contribution in [0.15, 0.2) is 35.7 Å². The fourth-order valence-corrected chi connectivity index (χ4v) is 2.76. The first-order chi connectivity index (χ1) is 8.74. The maximum absolute atomic E-state index is 6.13. The van der Waals surface area contributed by atoms with Crippen molar-refractivity contribution in [1.82, 2.24) is 9.97 Å². The van der Waals surface area contributed by atoms with Gasteiger partial charge in [0.05, 0.1) is 0 Å². The Morgan fingerprint density at radius 2 is 2.00 bits per heavy atom. The van der Waals surface area contributed by atoms with Crippen LogP contribution in [0.1, 0.15) is 5.56 Å². The van der Waals surface area contributed by atoms with Gasteiger partial charge in [0.1, 0.15) is 9.98 Å². The molecule has 2 heterocycles. The summed E-state index contributed by atoms with van der Waals surface area (Å²) in [5.74, 6) is 0.532. The van der Waals surface area contributed by atoms with Crippen LogP contribution in [-0.4, -0.2) is 9.97 Å². The summed E-state index contributed by atoms with van der Waals surface area (Å²) in [6.45, 7) is 2.04. The number of hydrogen-bond acceptors (Lipinski definition) is 4. The smallest absolute Gasteiger partial charge is 0.230 e. The molecule has 0 aliphatic heterocycles. The van der Waals surface area contributed by atoms with Crippen molar-refractivity contribution in [2.75, 3.05) is 5.32 Å². The van der Waals surface area contributed by atoms with Crippen LogP contribution in [0.2, 0.25) is 5.15 Å². The van der Waals surface area contributed by atoms with E-state index in [0.717, 1.165) is 21.5 Å². The lowest BCUT2D eigenvalue weighted by molar-refractivity contribution is 1.22. The standard InChI is InChI=1S/C13H10ClN3S/c1-8-4-2-3-5-10(8)15-13-16-11(14)9-6-7-18-12(9)17-13/h2-7H,1H3,(H,15,16,17). The number of aromatic nitrogens is 2. The Morgan fingerprint density at radius 1 is 1.17 bits per heavy atom. The fraction of sp³-hybridized carbons (Fsp3) is 0.0769. The van der Waals surface area contributed by atoms with Crippen molar-refractivity contribution in [3.8, 4) is 0 Å². The predicted octanol–water partition coefficient (Wildman–Crippen LogP) is 4.40. The van der Waals surface area contributed by atoms with E-state index in [0.29, 0.717) is 11.1 Å². The van der Waals surface area contributed by atoms with E-state index in [1.54, 1.807) is 11.3 Å². The van der Waals surface area contributed by atoms with Crippen molar-refractivity contribution >= 4 is 44.8 Å². The van der Waals surface area contributed by atoms with Crippen molar-refractivity contribution < 1.29 is 0 Å². The highest BCUT2D eigenvalue weighted by molar-refractivity contribution is 7.16. The topological polar surface area (TPSA) is 37.8 Å². The second-order valence-corrected chi connectivity index (χ2v) is 5.17. The zero-order valence-corrected chi connectivity index (χ0v) is 11.2. The summed E-state index contributed by atoms with van der Waals surface area (Å²) in [6.07, 6.45) is 0. The van der Waals surface area contributed by atoms with Crippen molar-refractivity contribution in [2.24, 2.45) is 0 Å². The number of thiophene rings is 1. The first kappa shape index (κ1) is 11.4. The molecule has 0 aliphatic carbocycles. The average molecular weight is 276 g/mol. The second-order valence-electron chi connectivity index (χ2n) is 3.92. The number of nitrogens with zero attached hydrogens (tertiary/aromatic N) is 2. The molecule has 0 bridgehead atoms. The molecule has 0 unspecified atom stereocenters. The summed E-state index contributed by atoms with van der Waals surface area (Å²) in [7, 11) is 0. The van der Waals surface area contributed by atoms with Gasteiger partial charge >= 0.3 is 0 Å². The predicted molar refractivity (Wildman–Crippen MR) is 76.9 cm³/mol. The normalized spacial score (nSPS) is 10.8. The minimum Gasteiger partial charge on any atom is -0.324 e. The van der Waals surface area contributed by atoms with Crippen LogP contribution in [0.5, 0.6) is 0 Å². The van der Waals surface area contributed by atoms with Gasteiger partial charge in [-0.25, -0.2) is 9.97 Å². The van der Waals surface area contributed by atoms with Gasteiger partial charge in [-0.05, 0) is 30.0 Å². The van der Waals surface area contributed by atoms with Crippen molar-refractivity contribution in [3.63, 3.8) is 0 Å². The number of hydrogen-bond donors (Lipinski definition) is 1. The van der Waals surface area contributed by atoms with E-state index in [2.05, 4.69) is 15.3 Å². The van der Waals surface area contributed by atoms with Gasteiger partial charge in [0.2, 0.25) is 5.95 Å². The molecular formula is C13H10ClN3S. The summed E-state index contributed by atoms with van der Waals surface area (Å²) in [5.41, 5.74) is 2.13. The van der Waals surface area contributed by atoms with Crippen molar-refractivity contribution in [1.29, 1.82) is 0 Å². The Kier molecular flexibility index (Phi) is 2.89. The summed E-state index contributed by atoms with van der Waals surface area (Å²) < 4.78 is 0. The molecule has 2 aromatic heterocycles. The molecule has 3 rings (SSSR count). The summed E-state index contributed by atoms with van der Waals surface area (Å²) >= 11 is 7.68. The third-order valence-electron chi connectivity index (χ3n) is 2.67. The van der Waals surface area contributed by atoms with E-state index < -0.39 is 0 Å². The highest BCUT2D eigenvalue weighted by Gasteiger charge is 2.07. The molecule has 1 aromatic carbocycles. The van der Waals surface area contributed by atoms with Crippen molar-refractivity contribution in [2.45, 2.75) is 6.92 Å². The van der Waals surface area contributed by atoms with Gasteiger partial charge in [-0.2, -0.15) is 0 Å². The lowest BCUT2D eigenvalue weighted by Gasteiger charge is -2.07. The molecule has 0 saturated heterocycles. The van der Waals surface area contributed by atoms with Gasteiger partial charge in [-0.15, -0.1) is 11.3 Å². The van der Waals surface area contributed by atoms with Crippen LogP contribution >= 0.6 is 22.9 Å². The summed E-state index contributed by atoms with van der Waals surface area (Å²) in [4.78, 5) is 9.60. The van der Waals surface area contributed by atoms with Gasteiger partial charge in [0.25, 0.3) is 0 Å². The van der Waals surface area contributed by atoms with Crippen LogP contribution in [0, 0.1) is 6.92 Å². The summed E-state index contributed by atoms with van der Waals surface area (Å²) in [6, 6.07) is 9.93. The number of anilines is 2. The molecule has 0 fully saturated rings. The molecule has 0 radical (unpaired) electrons. The van der Waals surface area contributed by atoms with E-state index in [-0.39, 0.29) is 0 Å². The number of aryl methyl sites for hydroxylation is 1. The fourth-order valence-electron chi connectivity index (χ4n) is 1.71. The van der Waals surface area contributed by atoms with E-state index >= 15 is 0 Å². The van der Waals surface area contributed by atoms with E-state index in [9.17, 15) is 0 Å². The van der Waals surface area contributed by atoms with Crippen LogP contribution in [0.4, 0.5) is 11.6 Å². The van der Waals surface area contributed by atoms with Crippen LogP contribution in [0.25, 0.3) is 10.2 Å². The van der Waals surface area contributed by atoms with Crippen molar-refractivity contribution in [3.05, 3.63) is 46.4 Å². The Balaban J connectivity index is 2.02. The minimum absolute atomic E-state index is 0.484. The molecule has 0 amide bonds. The lowest BCUT2D eigenvalue weighted by Crippen LogP contribution is -1.98. The van der Waals surface area contributed by atoms with E-state index in [1.807, 2.05) is 42.6 Å². The number of fused-ring (bicyclic) bond motifs is 1. The molecule has 3 nitrogen and oxygen atoms in total. The highest BCUT2D eigenvalue weighted by atomic mass is 35.5. The zero-order valence-electron chi connectivity index (χ0n) is 9.64. The Hall–Kier alpha value is -1.65. The maximum atomic E-state index is 6.13. The Morgan fingerprint density at radius 3 is 2.83 bits per heavy atom. The monoisotopic (exact) mass is 275 g/mol. The molecule has 18 heavy (non-hydrogen) atoms. The van der Waals surface area contributed by atoms with Crippen LogP contribution in [-0.2, 0) is 0 Å². The van der Waals surface area contributed by atoms with Gasteiger partial charge in [-0.1, -0.05) is 29.8 Å². The molecule has 90 valence electrons. The Labute approximate surface area is 113 Å². The van der Waals surface area contributed by atoms with Gasteiger partial charge in [-0.3, -0.25) is 0 Å². The number of benzene rings is 1. The minimum atomic E-state index is 0.484. The van der Waals surface area contributed by atoms with Gasteiger partial charge < -0.3 is 5.32 Å². The average Bonchev–Trinajstić information content (AvgIpc) is 2.81. The number of halogens is 1. The molecule has 0 atom stereocenters. The molecule has 5 heteroatoms. The molecule has 0 spiro atoms. The molecule has 0 aliphatic rings. The van der Waals surface area contributed by atoms with Gasteiger partial charge in [0, 0.05) is 11.1 Å². The van der Waals surface area contributed by atoms with Crippen LogP contribution < -0.4 is 5.32 Å². The third kappa shape index (κ3) is 2.05. The molecular weight excluding hydrogens is 266 g/mol. The number of nitrogens with one attached hydrogen (secondary N) is 1. The first-order valence-corrected chi connectivity index (χ1v) is 6.73. The van der Waals surface area contributed by atoms with E-state index in [1.165, 1.54) is 0 Å². The molecule has 3 aromatic rings. The maximum Gasteiger partial charge on any atom is 0.230 e. The lowest BCUT2D eigenvalue weighted by atomic mass is 10.2. The SMILES string of the molecule is Cc1ccccc1Nc1nc(Cl)c2ccsc2n1. The Bertz CT molecular complexity index is 708. The third-order valence-corrected chi connectivity index (χ3v) is 3.76. The summed E-state index contributed by atoms with van der Waals surface area (Å²) in [5, 5.41) is 6.54. The molecule has 0 saturated carbocycles. The zero-order chi connectivity index (χ0) is 12.5. The van der Waals surface area contributed by atoms with Gasteiger partial charge in [0.15, 0.2) is 0 Å². The van der Waals surface area contributed by atoms with Crippen LogP contribution in [0.3, 0.4) is 0 Å². The quantitative estimate of drug-likeness (QED) is 0.705. The number of rotatable bonds is 2.